The van der Waals surface area contributed by atoms with Gasteiger partial charge in [0.15, 0.2) is 5.78 Å². The van der Waals surface area contributed by atoms with Gasteiger partial charge in [0.05, 0.1) is 0 Å². The van der Waals surface area contributed by atoms with E-state index in [1.54, 1.807) is 36.7 Å². The normalized spacial score (nSPS) is 19.8. The first-order valence-electron chi connectivity index (χ1n) is 4.24. The standard InChI is InChI=1S/C11H9NO2/c13-11-3-1-9(2-4-11)10-5-7-12(14)8-6-10/h1-8,14H. The quantitative estimate of drug-likeness (QED) is 0.627. The second-order valence-electron chi connectivity index (χ2n) is 2.99. The summed E-state index contributed by atoms with van der Waals surface area (Å²) >= 11 is 0. The molecule has 0 radical (unpaired) electrons. The first-order chi connectivity index (χ1) is 6.75. The van der Waals surface area contributed by atoms with E-state index in [0.717, 1.165) is 16.2 Å². The molecule has 0 saturated heterocycles. The Bertz CT molecular complexity index is 377. The van der Waals surface area contributed by atoms with Crippen LogP contribution in [-0.2, 0) is 4.79 Å². The van der Waals surface area contributed by atoms with Gasteiger partial charge in [0.1, 0.15) is 0 Å². The van der Waals surface area contributed by atoms with E-state index in [1.807, 2.05) is 0 Å². The van der Waals surface area contributed by atoms with Crippen LogP contribution in [0.5, 0.6) is 0 Å². The van der Waals surface area contributed by atoms with E-state index in [4.69, 9.17) is 5.21 Å². The molecule has 0 aromatic rings. The molecule has 2 rings (SSSR count). The maximum atomic E-state index is 10.9. The maximum Gasteiger partial charge on any atom is 0.178 e. The third-order valence-electron chi connectivity index (χ3n) is 2.00. The molecular weight excluding hydrogens is 178 g/mol. The molecule has 0 unspecified atom stereocenters. The number of rotatable bonds is 0. The largest absolute Gasteiger partial charge is 0.290 e. The van der Waals surface area contributed by atoms with Crippen LogP contribution in [0.25, 0.3) is 0 Å². The highest BCUT2D eigenvalue weighted by Gasteiger charge is 2.04. The van der Waals surface area contributed by atoms with Gasteiger partial charge >= 0.3 is 0 Å². The number of nitrogens with zero attached hydrogens (tertiary/aromatic N) is 1. The van der Waals surface area contributed by atoms with Crippen LogP contribution in [0.3, 0.4) is 0 Å². The van der Waals surface area contributed by atoms with Crippen molar-refractivity contribution in [2.75, 3.05) is 0 Å². The third kappa shape index (κ3) is 1.72. The molecular formula is C11H9NO2. The van der Waals surface area contributed by atoms with Crippen LogP contribution in [0.15, 0.2) is 60.0 Å². The number of hydrogen-bond donors (Lipinski definition) is 1. The molecule has 70 valence electrons. The van der Waals surface area contributed by atoms with E-state index < -0.39 is 0 Å². The van der Waals surface area contributed by atoms with Crippen molar-refractivity contribution in [3.63, 3.8) is 0 Å². The number of allylic oxidation sites excluding steroid dienone is 8. The number of carbonyl (C=O) groups excluding carboxylic acids is 1. The lowest BCUT2D eigenvalue weighted by Gasteiger charge is -2.12. The average Bonchev–Trinajstić information content (AvgIpc) is 2.21. The van der Waals surface area contributed by atoms with Gasteiger partial charge in [0.2, 0.25) is 0 Å². The molecule has 0 atom stereocenters. The summed E-state index contributed by atoms with van der Waals surface area (Å²) in [5.41, 5.74) is 1.93. The predicted octanol–water partition coefficient (Wildman–Crippen LogP) is 1.71. The van der Waals surface area contributed by atoms with Crippen molar-refractivity contribution in [3.05, 3.63) is 60.0 Å². The summed E-state index contributed by atoms with van der Waals surface area (Å²) in [5.74, 6) is 0.00176. The van der Waals surface area contributed by atoms with E-state index >= 15 is 0 Å². The molecule has 1 heterocycles. The first-order valence-corrected chi connectivity index (χ1v) is 4.24. The summed E-state index contributed by atoms with van der Waals surface area (Å²) in [6.07, 6.45) is 13.2. The number of hydrogen-bond acceptors (Lipinski definition) is 3. The Balaban J connectivity index is 2.30. The number of ketones is 1. The van der Waals surface area contributed by atoms with Gasteiger partial charge in [-0.3, -0.25) is 10.0 Å². The van der Waals surface area contributed by atoms with Gasteiger partial charge < -0.3 is 0 Å². The summed E-state index contributed by atoms with van der Waals surface area (Å²) in [7, 11) is 0. The lowest BCUT2D eigenvalue weighted by atomic mass is 10.0. The molecule has 0 aromatic heterocycles. The third-order valence-corrected chi connectivity index (χ3v) is 2.00. The minimum atomic E-state index is 0.00176. The van der Waals surface area contributed by atoms with Gasteiger partial charge in [-0.1, -0.05) is 12.2 Å². The highest BCUT2D eigenvalue weighted by atomic mass is 16.5. The zero-order valence-corrected chi connectivity index (χ0v) is 7.42. The summed E-state index contributed by atoms with van der Waals surface area (Å²) in [6.45, 7) is 0. The van der Waals surface area contributed by atoms with Gasteiger partial charge in [0, 0.05) is 12.4 Å². The van der Waals surface area contributed by atoms with Crippen LogP contribution in [-0.4, -0.2) is 16.1 Å². The van der Waals surface area contributed by atoms with Gasteiger partial charge in [-0.25, -0.2) is 5.06 Å². The molecule has 0 spiro atoms. The summed E-state index contributed by atoms with van der Waals surface area (Å²) in [4.78, 5) is 10.9. The topological polar surface area (TPSA) is 40.5 Å². The summed E-state index contributed by atoms with van der Waals surface area (Å²) in [5, 5.41) is 9.99. The Labute approximate surface area is 81.6 Å². The number of carbonyl (C=O) groups is 1. The first kappa shape index (κ1) is 8.72. The second kappa shape index (κ2) is 3.47. The fourth-order valence-electron chi connectivity index (χ4n) is 1.26. The molecule has 0 fully saturated rings. The lowest BCUT2D eigenvalue weighted by molar-refractivity contribution is -0.110. The Morgan fingerprint density at radius 3 is 1.93 bits per heavy atom. The van der Waals surface area contributed by atoms with Gasteiger partial charge in [0.25, 0.3) is 0 Å². The monoisotopic (exact) mass is 187 g/mol. The molecule has 1 N–H and O–H groups in total. The van der Waals surface area contributed by atoms with Crippen LogP contribution in [0.1, 0.15) is 0 Å². The SMILES string of the molecule is O=C1C=CC(=C2C=CN(O)C=C2)C=C1. The van der Waals surface area contributed by atoms with E-state index in [1.165, 1.54) is 12.2 Å². The zero-order chi connectivity index (χ0) is 9.97. The van der Waals surface area contributed by atoms with Crippen molar-refractivity contribution < 1.29 is 10.0 Å². The molecule has 3 heteroatoms. The Kier molecular flexibility index (Phi) is 2.16. The van der Waals surface area contributed by atoms with E-state index in [2.05, 4.69) is 0 Å². The molecule has 2 aliphatic rings. The zero-order valence-electron chi connectivity index (χ0n) is 7.42. The Hall–Kier alpha value is -1.87. The van der Waals surface area contributed by atoms with Crippen LogP contribution in [0, 0.1) is 0 Å². The van der Waals surface area contributed by atoms with Crippen molar-refractivity contribution in [1.29, 1.82) is 0 Å². The van der Waals surface area contributed by atoms with Crippen molar-refractivity contribution in [2.45, 2.75) is 0 Å². The van der Waals surface area contributed by atoms with Crippen LogP contribution in [0.4, 0.5) is 0 Å². The smallest absolute Gasteiger partial charge is 0.178 e. The van der Waals surface area contributed by atoms with Gasteiger partial charge in [-0.15, -0.1) is 0 Å². The van der Waals surface area contributed by atoms with Crippen molar-refractivity contribution in [2.24, 2.45) is 0 Å². The molecule has 0 aromatic carbocycles. The summed E-state index contributed by atoms with van der Waals surface area (Å²) in [6, 6.07) is 0. The molecule has 1 aliphatic heterocycles. The lowest BCUT2D eigenvalue weighted by Crippen LogP contribution is -2.05. The molecule has 3 nitrogen and oxygen atoms in total. The second-order valence-corrected chi connectivity index (χ2v) is 2.99. The highest BCUT2D eigenvalue weighted by Crippen LogP contribution is 2.17. The fourth-order valence-corrected chi connectivity index (χ4v) is 1.26. The van der Waals surface area contributed by atoms with E-state index in [9.17, 15) is 4.79 Å². The van der Waals surface area contributed by atoms with Crippen LogP contribution < -0.4 is 0 Å². The fraction of sp³-hybridized carbons (Fsp3) is 0. The molecule has 0 amide bonds. The van der Waals surface area contributed by atoms with Crippen molar-refractivity contribution in [1.82, 2.24) is 5.06 Å². The Morgan fingerprint density at radius 2 is 1.36 bits per heavy atom. The maximum absolute atomic E-state index is 10.9. The van der Waals surface area contributed by atoms with Crippen LogP contribution >= 0.6 is 0 Å². The van der Waals surface area contributed by atoms with Crippen LogP contribution in [0.2, 0.25) is 0 Å². The Morgan fingerprint density at radius 1 is 0.857 bits per heavy atom. The minimum absolute atomic E-state index is 0.00176. The summed E-state index contributed by atoms with van der Waals surface area (Å²) < 4.78 is 0. The average molecular weight is 187 g/mol. The van der Waals surface area contributed by atoms with E-state index in [0.29, 0.717) is 0 Å². The van der Waals surface area contributed by atoms with Crippen molar-refractivity contribution in [3.8, 4) is 0 Å². The molecule has 1 aliphatic carbocycles. The van der Waals surface area contributed by atoms with Gasteiger partial charge in [-0.2, -0.15) is 0 Å². The molecule has 14 heavy (non-hydrogen) atoms. The van der Waals surface area contributed by atoms with Gasteiger partial charge in [-0.05, 0) is 35.5 Å². The minimum Gasteiger partial charge on any atom is -0.290 e. The number of hydroxylamine groups is 2. The highest BCUT2D eigenvalue weighted by molar-refractivity contribution is 6.01. The van der Waals surface area contributed by atoms with Crippen molar-refractivity contribution >= 4 is 5.78 Å². The predicted molar refractivity (Wildman–Crippen MR) is 52.2 cm³/mol. The molecule has 0 bridgehead atoms. The van der Waals surface area contributed by atoms with E-state index in [-0.39, 0.29) is 5.78 Å². The molecule has 0 saturated carbocycles.